The second-order valence-corrected chi connectivity index (χ2v) is 5.83. The highest BCUT2D eigenvalue weighted by Gasteiger charge is 2.15. The van der Waals surface area contributed by atoms with Crippen LogP contribution in [-0.4, -0.2) is 22.4 Å². The Kier molecular flexibility index (Phi) is 5.07. The van der Waals surface area contributed by atoms with Crippen LogP contribution in [0.2, 0.25) is 0 Å². The van der Waals surface area contributed by atoms with Crippen LogP contribution in [0.25, 0.3) is 10.9 Å². The third-order valence-corrected chi connectivity index (χ3v) is 3.87. The number of anilines is 2. The molecule has 132 valence electrons. The predicted octanol–water partition coefficient (Wildman–Crippen LogP) is 3.89. The van der Waals surface area contributed by atoms with E-state index in [1.54, 1.807) is 19.1 Å². The van der Waals surface area contributed by atoms with Gasteiger partial charge in [0.1, 0.15) is 0 Å². The number of para-hydroxylation sites is 2. The van der Waals surface area contributed by atoms with Gasteiger partial charge >= 0.3 is 0 Å². The Morgan fingerprint density at radius 2 is 1.92 bits per heavy atom. The number of carbonyl (C=O) groups is 1. The van der Waals surface area contributed by atoms with Gasteiger partial charge in [-0.25, -0.2) is 4.98 Å². The first-order valence-corrected chi connectivity index (χ1v) is 8.18. The summed E-state index contributed by atoms with van der Waals surface area (Å²) in [6.45, 7) is 2.18. The molecule has 0 bridgehead atoms. The Balaban J connectivity index is 1.72. The predicted molar refractivity (Wildman–Crippen MR) is 101 cm³/mol. The van der Waals surface area contributed by atoms with E-state index >= 15 is 0 Å². The normalized spacial score (nSPS) is 10.5. The summed E-state index contributed by atoms with van der Waals surface area (Å²) in [6, 6.07) is 15.9. The van der Waals surface area contributed by atoms with E-state index < -0.39 is 4.92 Å². The number of pyridine rings is 1. The number of hydrogen-bond acceptors (Lipinski definition) is 5. The van der Waals surface area contributed by atoms with Crippen molar-refractivity contribution >= 4 is 33.9 Å². The van der Waals surface area contributed by atoms with Gasteiger partial charge in [-0.05, 0) is 25.1 Å². The van der Waals surface area contributed by atoms with Gasteiger partial charge in [-0.3, -0.25) is 14.9 Å². The molecule has 0 saturated carbocycles. The fourth-order valence-electron chi connectivity index (χ4n) is 2.71. The Labute approximate surface area is 150 Å². The zero-order valence-corrected chi connectivity index (χ0v) is 14.2. The first-order valence-electron chi connectivity index (χ1n) is 8.18. The maximum Gasteiger partial charge on any atom is 0.295 e. The number of nitro groups is 1. The van der Waals surface area contributed by atoms with E-state index in [1.807, 2.05) is 36.4 Å². The zero-order valence-electron chi connectivity index (χ0n) is 14.2. The zero-order chi connectivity index (χ0) is 18.5. The Hall–Kier alpha value is -3.48. The van der Waals surface area contributed by atoms with Crippen molar-refractivity contribution in [1.82, 2.24) is 4.98 Å². The second kappa shape index (κ2) is 7.60. The van der Waals surface area contributed by atoms with Crippen molar-refractivity contribution in [2.24, 2.45) is 0 Å². The topological polar surface area (TPSA) is 97.2 Å². The van der Waals surface area contributed by atoms with Crippen LogP contribution >= 0.6 is 0 Å². The molecule has 2 N–H and O–H groups in total. The lowest BCUT2D eigenvalue weighted by Gasteiger charge is -2.11. The summed E-state index contributed by atoms with van der Waals surface area (Å²) in [5.74, 6) is -0.107. The highest BCUT2D eigenvalue weighted by molar-refractivity contribution is 5.97. The summed E-state index contributed by atoms with van der Waals surface area (Å²) in [7, 11) is 0. The van der Waals surface area contributed by atoms with Crippen molar-refractivity contribution in [2.75, 3.05) is 17.2 Å². The van der Waals surface area contributed by atoms with Crippen molar-refractivity contribution in [1.29, 1.82) is 0 Å². The van der Waals surface area contributed by atoms with Crippen LogP contribution in [0.15, 0.2) is 54.6 Å². The molecule has 26 heavy (non-hydrogen) atoms. The second-order valence-electron chi connectivity index (χ2n) is 5.83. The standard InChI is InChI=1S/C19H18N4O3/c1-13-12-16(15-8-5-9-17(23(25)26)19(15)21-13)20-11-10-18(24)22-14-6-3-2-4-7-14/h2-9,12H,10-11H2,1H3,(H,20,21)(H,22,24). The summed E-state index contributed by atoms with van der Waals surface area (Å²) in [4.78, 5) is 27.1. The molecule has 0 spiro atoms. The number of amides is 1. The Morgan fingerprint density at radius 1 is 1.15 bits per heavy atom. The number of aromatic nitrogens is 1. The lowest BCUT2D eigenvalue weighted by Crippen LogP contribution is -2.16. The van der Waals surface area contributed by atoms with E-state index in [0.29, 0.717) is 23.1 Å². The molecule has 7 heteroatoms. The molecule has 0 radical (unpaired) electrons. The van der Waals surface area contributed by atoms with Gasteiger partial charge in [0.05, 0.1) is 4.92 Å². The maximum absolute atomic E-state index is 12.0. The molecular formula is C19H18N4O3. The van der Waals surface area contributed by atoms with E-state index in [9.17, 15) is 14.9 Å². The largest absolute Gasteiger partial charge is 0.384 e. The molecular weight excluding hydrogens is 332 g/mol. The van der Waals surface area contributed by atoms with E-state index in [1.165, 1.54) is 6.07 Å². The molecule has 1 amide bonds. The number of nitro benzene ring substituents is 1. The van der Waals surface area contributed by atoms with Crippen LogP contribution < -0.4 is 10.6 Å². The quantitative estimate of drug-likeness (QED) is 0.519. The lowest BCUT2D eigenvalue weighted by molar-refractivity contribution is -0.383. The number of carbonyl (C=O) groups excluding carboxylic acids is 1. The molecule has 0 unspecified atom stereocenters. The SMILES string of the molecule is Cc1cc(NCCC(=O)Nc2ccccc2)c2cccc([N+](=O)[O-])c2n1. The van der Waals surface area contributed by atoms with Crippen molar-refractivity contribution in [3.05, 3.63) is 70.4 Å². The van der Waals surface area contributed by atoms with Crippen molar-refractivity contribution in [2.45, 2.75) is 13.3 Å². The number of aryl methyl sites for hydroxylation is 1. The molecule has 0 saturated heterocycles. The fraction of sp³-hybridized carbons (Fsp3) is 0.158. The monoisotopic (exact) mass is 350 g/mol. The van der Waals surface area contributed by atoms with Crippen LogP contribution in [0.1, 0.15) is 12.1 Å². The minimum Gasteiger partial charge on any atom is -0.384 e. The van der Waals surface area contributed by atoms with Gasteiger partial charge in [0, 0.05) is 41.5 Å². The van der Waals surface area contributed by atoms with E-state index in [4.69, 9.17) is 0 Å². The van der Waals surface area contributed by atoms with Gasteiger partial charge in [-0.2, -0.15) is 0 Å². The number of benzene rings is 2. The van der Waals surface area contributed by atoms with Gasteiger partial charge in [0.25, 0.3) is 5.69 Å². The van der Waals surface area contributed by atoms with Crippen molar-refractivity contribution < 1.29 is 9.72 Å². The number of nitrogens with one attached hydrogen (secondary N) is 2. The van der Waals surface area contributed by atoms with Crippen molar-refractivity contribution in [3.8, 4) is 0 Å². The minimum absolute atomic E-state index is 0.0314. The summed E-state index contributed by atoms with van der Waals surface area (Å²) in [5, 5.41) is 17.9. The van der Waals surface area contributed by atoms with Gasteiger partial charge in [-0.1, -0.05) is 30.3 Å². The van der Waals surface area contributed by atoms with Gasteiger partial charge in [0.2, 0.25) is 5.91 Å². The lowest BCUT2D eigenvalue weighted by atomic mass is 10.1. The van der Waals surface area contributed by atoms with Gasteiger partial charge in [0.15, 0.2) is 5.52 Å². The van der Waals surface area contributed by atoms with E-state index in [0.717, 1.165) is 11.4 Å². The molecule has 3 aromatic rings. The molecule has 0 fully saturated rings. The van der Waals surface area contributed by atoms with Crippen LogP contribution in [-0.2, 0) is 4.79 Å². The van der Waals surface area contributed by atoms with E-state index in [-0.39, 0.29) is 18.0 Å². The van der Waals surface area contributed by atoms with Crippen molar-refractivity contribution in [3.63, 3.8) is 0 Å². The van der Waals surface area contributed by atoms with Crippen LogP contribution in [0.5, 0.6) is 0 Å². The first kappa shape index (κ1) is 17.3. The fourth-order valence-corrected chi connectivity index (χ4v) is 2.71. The summed E-state index contributed by atoms with van der Waals surface area (Å²) >= 11 is 0. The molecule has 0 aliphatic heterocycles. The first-order chi connectivity index (χ1) is 12.5. The smallest absolute Gasteiger partial charge is 0.295 e. The molecule has 0 atom stereocenters. The Morgan fingerprint density at radius 3 is 2.65 bits per heavy atom. The van der Waals surface area contributed by atoms with E-state index in [2.05, 4.69) is 15.6 Å². The molecule has 3 rings (SSSR count). The third kappa shape index (κ3) is 3.94. The number of nitrogens with zero attached hydrogens (tertiary/aromatic N) is 2. The number of rotatable bonds is 6. The molecule has 7 nitrogen and oxygen atoms in total. The van der Waals surface area contributed by atoms with Gasteiger partial charge < -0.3 is 10.6 Å². The summed E-state index contributed by atoms with van der Waals surface area (Å²) < 4.78 is 0. The summed E-state index contributed by atoms with van der Waals surface area (Å²) in [6.07, 6.45) is 0.271. The molecule has 1 aromatic heterocycles. The maximum atomic E-state index is 12.0. The molecule has 2 aromatic carbocycles. The number of non-ortho nitro benzene ring substituents is 1. The Bertz CT molecular complexity index is 958. The van der Waals surface area contributed by atoms with Crippen LogP contribution in [0.4, 0.5) is 17.1 Å². The third-order valence-electron chi connectivity index (χ3n) is 3.87. The highest BCUT2D eigenvalue weighted by Crippen LogP contribution is 2.29. The molecule has 1 heterocycles. The minimum atomic E-state index is -0.439. The average Bonchev–Trinajstić information content (AvgIpc) is 2.61. The average molecular weight is 350 g/mol. The highest BCUT2D eigenvalue weighted by atomic mass is 16.6. The van der Waals surface area contributed by atoms with Crippen LogP contribution in [0.3, 0.4) is 0 Å². The number of hydrogen-bond donors (Lipinski definition) is 2. The van der Waals surface area contributed by atoms with Crippen LogP contribution in [0, 0.1) is 17.0 Å². The van der Waals surface area contributed by atoms with Gasteiger partial charge in [-0.15, -0.1) is 0 Å². The molecule has 0 aliphatic carbocycles. The molecule has 0 aliphatic rings. The summed E-state index contributed by atoms with van der Waals surface area (Å²) in [5.41, 5.74) is 2.45. The number of fused-ring (bicyclic) bond motifs is 1.